The summed E-state index contributed by atoms with van der Waals surface area (Å²) in [6, 6.07) is 0. The molecule has 0 aromatic rings. The molecular formula is C5H11ClOS. The molecule has 0 atom stereocenters. The molecule has 3 heteroatoms. The van der Waals surface area contributed by atoms with Gasteiger partial charge in [-0.3, -0.25) is 0 Å². The lowest BCUT2D eigenvalue weighted by atomic mass is 10.8. The van der Waals surface area contributed by atoms with Gasteiger partial charge in [-0.25, -0.2) is 0 Å². The van der Waals surface area contributed by atoms with Crippen LogP contribution in [0.25, 0.3) is 0 Å². The lowest BCUT2D eigenvalue weighted by molar-refractivity contribution is 0.606. The van der Waals surface area contributed by atoms with Gasteiger partial charge < -0.3 is 4.55 Å². The van der Waals surface area contributed by atoms with Crippen molar-refractivity contribution in [3.05, 3.63) is 11.6 Å². The van der Waals surface area contributed by atoms with E-state index < -0.39 is 11.2 Å². The molecule has 0 aliphatic rings. The summed E-state index contributed by atoms with van der Waals surface area (Å²) in [6.45, 7) is 1.87. The highest BCUT2D eigenvalue weighted by Crippen LogP contribution is 1.70. The molecule has 0 aliphatic heterocycles. The topological polar surface area (TPSA) is 23.1 Å². The first-order valence-electron chi connectivity index (χ1n) is 2.11. The predicted molar refractivity (Wildman–Crippen MR) is 40.7 cm³/mol. The number of allylic oxidation sites excluding steroid dienone is 1. The third-order valence-corrected chi connectivity index (χ3v) is 0.378. The second kappa shape index (κ2) is 10.3. The van der Waals surface area contributed by atoms with Crippen molar-refractivity contribution in [2.75, 3.05) is 12.5 Å². The Labute approximate surface area is 58.9 Å². The summed E-state index contributed by atoms with van der Waals surface area (Å²) >= 11 is 4.39. The van der Waals surface area contributed by atoms with Crippen LogP contribution in [0.3, 0.4) is 0 Å². The monoisotopic (exact) mass is 154 g/mol. The van der Waals surface area contributed by atoms with Crippen LogP contribution in [-0.2, 0) is 11.2 Å². The maximum atomic E-state index is 9.56. The predicted octanol–water partition coefficient (Wildman–Crippen LogP) is 1.75. The van der Waals surface area contributed by atoms with Gasteiger partial charge in [0.25, 0.3) is 0 Å². The molecule has 0 saturated heterocycles. The zero-order valence-corrected chi connectivity index (χ0v) is 6.92. The van der Waals surface area contributed by atoms with Crippen molar-refractivity contribution in [2.45, 2.75) is 6.92 Å². The minimum Gasteiger partial charge on any atom is -0.617 e. The minimum absolute atomic E-state index is 0.611. The average Bonchev–Trinajstić information content (AvgIpc) is 1.65. The highest BCUT2D eigenvalue weighted by molar-refractivity contribution is 7.89. The third kappa shape index (κ3) is 101. The first-order chi connectivity index (χ1) is 3.65. The van der Waals surface area contributed by atoms with E-state index >= 15 is 0 Å². The normalized spacial score (nSPS) is 9.25. The van der Waals surface area contributed by atoms with E-state index in [2.05, 4.69) is 0 Å². The SMILES string of the molecule is CC=CCl.C[S+](C)[O-]. The van der Waals surface area contributed by atoms with Gasteiger partial charge in [-0.15, -0.1) is 0 Å². The lowest BCUT2D eigenvalue weighted by Crippen LogP contribution is -1.86. The second-order valence-electron chi connectivity index (χ2n) is 1.20. The first kappa shape index (κ1) is 11.2. The van der Waals surface area contributed by atoms with Gasteiger partial charge in [0.15, 0.2) is 0 Å². The van der Waals surface area contributed by atoms with Crippen LogP contribution in [-0.4, -0.2) is 17.1 Å². The molecule has 50 valence electrons. The zero-order chi connectivity index (χ0) is 6.99. The Bertz CT molecular complexity index is 47.6. The van der Waals surface area contributed by atoms with Crippen molar-refractivity contribution in [1.82, 2.24) is 0 Å². The molecule has 0 unspecified atom stereocenters. The van der Waals surface area contributed by atoms with Crippen molar-refractivity contribution in [1.29, 1.82) is 0 Å². The highest BCUT2D eigenvalue weighted by Gasteiger charge is 1.66. The molecule has 1 nitrogen and oxygen atoms in total. The van der Waals surface area contributed by atoms with Gasteiger partial charge in [0.05, 0.1) is 12.5 Å². The number of rotatable bonds is 0. The average molecular weight is 155 g/mol. The second-order valence-corrected chi connectivity index (χ2v) is 2.94. The summed E-state index contributed by atoms with van der Waals surface area (Å²) in [6.07, 6.45) is 5.04. The molecule has 0 radical (unpaired) electrons. The van der Waals surface area contributed by atoms with Crippen LogP contribution in [0, 0.1) is 0 Å². The number of halogens is 1. The summed E-state index contributed by atoms with van der Waals surface area (Å²) in [5.41, 5.74) is 1.47. The molecule has 0 rings (SSSR count). The van der Waals surface area contributed by atoms with E-state index in [0.29, 0.717) is 0 Å². The van der Waals surface area contributed by atoms with E-state index in [1.807, 2.05) is 6.92 Å². The van der Waals surface area contributed by atoms with Gasteiger partial charge >= 0.3 is 0 Å². The molecule has 0 fully saturated rings. The smallest absolute Gasteiger partial charge is 0.0946 e. The van der Waals surface area contributed by atoms with Crippen LogP contribution >= 0.6 is 11.6 Å². The standard InChI is InChI=1S/C3H5Cl.C2H6OS/c1-2-3-4;1-4(2)3/h2-3H,1H3;1-2H3. The van der Waals surface area contributed by atoms with Gasteiger partial charge in [-0.05, 0) is 12.5 Å². The Kier molecular flexibility index (Phi) is 14.5. The molecule has 0 amide bonds. The fraction of sp³-hybridized carbons (Fsp3) is 0.600. The van der Waals surface area contributed by atoms with Crippen LogP contribution in [0.1, 0.15) is 6.92 Å². The van der Waals surface area contributed by atoms with Crippen molar-refractivity contribution >= 4 is 22.8 Å². The summed E-state index contributed by atoms with van der Waals surface area (Å²) < 4.78 is 9.56. The van der Waals surface area contributed by atoms with Crippen molar-refractivity contribution in [3.8, 4) is 0 Å². The van der Waals surface area contributed by atoms with Crippen LogP contribution < -0.4 is 0 Å². The Morgan fingerprint density at radius 3 is 1.62 bits per heavy atom. The summed E-state index contributed by atoms with van der Waals surface area (Å²) in [5.74, 6) is 0. The number of hydrogen-bond donors (Lipinski definition) is 0. The van der Waals surface area contributed by atoms with E-state index in [1.54, 1.807) is 18.6 Å². The van der Waals surface area contributed by atoms with Gasteiger partial charge in [-0.2, -0.15) is 0 Å². The molecule has 0 N–H and O–H groups in total. The van der Waals surface area contributed by atoms with E-state index in [1.165, 1.54) is 5.54 Å². The Balaban J connectivity index is 0. The highest BCUT2D eigenvalue weighted by atomic mass is 35.5. The molecule has 8 heavy (non-hydrogen) atoms. The summed E-state index contributed by atoms with van der Waals surface area (Å²) in [4.78, 5) is 0. The Hall–Kier alpha value is 0.340. The van der Waals surface area contributed by atoms with Gasteiger partial charge in [0, 0.05) is 0 Å². The van der Waals surface area contributed by atoms with Crippen molar-refractivity contribution in [2.24, 2.45) is 0 Å². The van der Waals surface area contributed by atoms with Gasteiger partial charge in [-0.1, -0.05) is 28.9 Å². The fourth-order valence-electron chi connectivity index (χ4n) is 0. The Morgan fingerprint density at radius 1 is 1.50 bits per heavy atom. The van der Waals surface area contributed by atoms with Crippen LogP contribution in [0.5, 0.6) is 0 Å². The van der Waals surface area contributed by atoms with E-state index in [9.17, 15) is 4.55 Å². The summed E-state index contributed by atoms with van der Waals surface area (Å²) in [5, 5.41) is 0. The van der Waals surface area contributed by atoms with E-state index in [0.717, 1.165) is 0 Å². The molecule has 0 aromatic carbocycles. The molecule has 0 spiro atoms. The molecule has 0 saturated carbocycles. The van der Waals surface area contributed by atoms with Crippen LogP contribution in [0.15, 0.2) is 11.6 Å². The number of hydrogen-bond acceptors (Lipinski definition) is 1. The maximum Gasteiger partial charge on any atom is 0.0946 e. The maximum absolute atomic E-state index is 9.56. The molecule has 0 heterocycles. The fourth-order valence-corrected chi connectivity index (χ4v) is 0. The molecular weight excluding hydrogens is 144 g/mol. The third-order valence-electron chi connectivity index (χ3n) is 0.126. The quantitative estimate of drug-likeness (QED) is 0.488. The van der Waals surface area contributed by atoms with Gasteiger partial charge in [0.2, 0.25) is 0 Å². The van der Waals surface area contributed by atoms with E-state index in [4.69, 9.17) is 11.6 Å². The van der Waals surface area contributed by atoms with Crippen molar-refractivity contribution < 1.29 is 4.55 Å². The van der Waals surface area contributed by atoms with Crippen molar-refractivity contribution in [3.63, 3.8) is 0 Å². The van der Waals surface area contributed by atoms with Gasteiger partial charge in [0.1, 0.15) is 0 Å². The summed E-state index contributed by atoms with van der Waals surface area (Å²) in [7, 11) is 0. The minimum atomic E-state index is -0.611. The first-order valence-corrected chi connectivity index (χ1v) is 4.51. The van der Waals surface area contributed by atoms with Crippen LogP contribution in [0.2, 0.25) is 0 Å². The lowest BCUT2D eigenvalue weighted by Gasteiger charge is -1.87. The molecule has 0 bridgehead atoms. The van der Waals surface area contributed by atoms with E-state index in [-0.39, 0.29) is 0 Å². The van der Waals surface area contributed by atoms with Crippen LogP contribution in [0.4, 0.5) is 0 Å². The Morgan fingerprint density at radius 2 is 1.62 bits per heavy atom. The largest absolute Gasteiger partial charge is 0.617 e. The molecule has 0 aromatic heterocycles. The zero-order valence-electron chi connectivity index (χ0n) is 5.35. The molecule has 0 aliphatic carbocycles.